The zero-order valence-corrected chi connectivity index (χ0v) is 15.7. The molecule has 2 fully saturated rings. The van der Waals surface area contributed by atoms with Crippen LogP contribution in [0.1, 0.15) is 42.9 Å². The van der Waals surface area contributed by atoms with Gasteiger partial charge in [-0.25, -0.2) is 4.98 Å². The molecule has 27 heavy (non-hydrogen) atoms. The van der Waals surface area contributed by atoms with E-state index in [0.29, 0.717) is 33.8 Å². The Morgan fingerprint density at radius 1 is 1.26 bits per heavy atom. The van der Waals surface area contributed by atoms with Gasteiger partial charge in [0.2, 0.25) is 5.95 Å². The molecule has 5 N–H and O–H groups in total. The second kappa shape index (κ2) is 7.77. The largest absolute Gasteiger partial charge is 0.388 e. The number of imidazole rings is 1. The van der Waals surface area contributed by atoms with Crippen molar-refractivity contribution in [2.24, 2.45) is 5.92 Å². The van der Waals surface area contributed by atoms with Gasteiger partial charge in [-0.3, -0.25) is 0 Å². The Labute approximate surface area is 163 Å². The number of benzene rings is 1. The van der Waals surface area contributed by atoms with Crippen LogP contribution in [0.15, 0.2) is 18.3 Å². The Morgan fingerprint density at radius 2 is 2.04 bits per heavy atom. The number of rotatable bonds is 6. The van der Waals surface area contributed by atoms with Gasteiger partial charge in [0, 0.05) is 11.6 Å². The lowest BCUT2D eigenvalue weighted by Gasteiger charge is -2.28. The van der Waals surface area contributed by atoms with E-state index in [4.69, 9.17) is 11.6 Å². The van der Waals surface area contributed by atoms with Crippen molar-refractivity contribution in [3.05, 3.63) is 34.5 Å². The summed E-state index contributed by atoms with van der Waals surface area (Å²) in [5.41, 5.74) is 1.60. The standard InChI is InChI=1S/C19H23ClN6O/c20-17-14(18(27)12-3-5-22-6-4-12)7-11(9-21)8-15(17)25-19-23-10-16(26-19)24-13-1-2-13/h7-8,10,12-13,18,22,24,27H,1-6H2,(H2,23,25,26). The molecule has 0 bridgehead atoms. The molecule has 1 aromatic carbocycles. The SMILES string of the molecule is N#Cc1cc(Nc2ncc(NC3CC3)[nH]2)c(Cl)c(C(O)C2CCNCC2)c1. The lowest BCUT2D eigenvalue weighted by Crippen LogP contribution is -2.31. The molecule has 2 aliphatic rings. The van der Waals surface area contributed by atoms with E-state index < -0.39 is 6.10 Å². The number of halogens is 1. The third kappa shape index (κ3) is 4.19. The molecule has 1 aliphatic carbocycles. The number of aliphatic hydroxyl groups is 1. The van der Waals surface area contributed by atoms with Crippen LogP contribution in [0.4, 0.5) is 17.5 Å². The topological polar surface area (TPSA) is 109 Å². The number of hydrogen-bond donors (Lipinski definition) is 5. The summed E-state index contributed by atoms with van der Waals surface area (Å²) in [6, 6.07) is 6.04. The Balaban J connectivity index is 1.58. The number of anilines is 3. The molecule has 4 rings (SSSR count). The van der Waals surface area contributed by atoms with Crippen LogP contribution < -0.4 is 16.0 Å². The fourth-order valence-corrected chi connectivity index (χ4v) is 3.73. The molecule has 0 radical (unpaired) electrons. The van der Waals surface area contributed by atoms with Crippen molar-refractivity contribution >= 4 is 29.1 Å². The fourth-order valence-electron chi connectivity index (χ4n) is 3.46. The van der Waals surface area contributed by atoms with Crippen molar-refractivity contribution in [1.82, 2.24) is 15.3 Å². The molecule has 142 valence electrons. The van der Waals surface area contributed by atoms with Crippen LogP contribution in [0.3, 0.4) is 0 Å². The lowest BCUT2D eigenvalue weighted by atomic mass is 9.87. The van der Waals surface area contributed by atoms with Gasteiger partial charge < -0.3 is 26.0 Å². The monoisotopic (exact) mass is 386 g/mol. The first kappa shape index (κ1) is 18.1. The first-order valence-electron chi connectivity index (χ1n) is 9.35. The minimum Gasteiger partial charge on any atom is -0.388 e. The highest BCUT2D eigenvalue weighted by Gasteiger charge is 2.26. The maximum Gasteiger partial charge on any atom is 0.206 e. The van der Waals surface area contributed by atoms with E-state index in [1.807, 2.05) is 0 Å². The maximum absolute atomic E-state index is 10.9. The molecule has 0 amide bonds. The molecule has 8 heteroatoms. The number of nitriles is 1. The molecular formula is C19H23ClN6O. The summed E-state index contributed by atoms with van der Waals surface area (Å²) in [4.78, 5) is 7.48. The van der Waals surface area contributed by atoms with Gasteiger partial charge in [-0.05, 0) is 56.8 Å². The first-order chi connectivity index (χ1) is 13.1. The maximum atomic E-state index is 10.9. The molecule has 2 aromatic rings. The summed E-state index contributed by atoms with van der Waals surface area (Å²) in [6.07, 6.45) is 5.15. The second-order valence-corrected chi connectivity index (χ2v) is 7.64. The van der Waals surface area contributed by atoms with Crippen LogP contribution in [0.25, 0.3) is 0 Å². The van der Waals surface area contributed by atoms with Crippen molar-refractivity contribution < 1.29 is 5.11 Å². The van der Waals surface area contributed by atoms with Gasteiger partial charge in [0.25, 0.3) is 0 Å². The molecule has 1 unspecified atom stereocenters. The number of aromatic amines is 1. The minimum absolute atomic E-state index is 0.128. The number of hydrogen-bond acceptors (Lipinski definition) is 6. The Morgan fingerprint density at radius 3 is 2.74 bits per heavy atom. The summed E-state index contributed by atoms with van der Waals surface area (Å²) < 4.78 is 0. The van der Waals surface area contributed by atoms with Gasteiger partial charge >= 0.3 is 0 Å². The van der Waals surface area contributed by atoms with Crippen LogP contribution in [0.5, 0.6) is 0 Å². The van der Waals surface area contributed by atoms with Crippen molar-refractivity contribution in [3.8, 4) is 6.07 Å². The van der Waals surface area contributed by atoms with E-state index in [-0.39, 0.29) is 5.92 Å². The van der Waals surface area contributed by atoms with Crippen molar-refractivity contribution in [2.75, 3.05) is 23.7 Å². The Hall–Kier alpha value is -2.27. The molecule has 1 saturated heterocycles. The molecule has 1 aliphatic heterocycles. The van der Waals surface area contributed by atoms with Crippen molar-refractivity contribution in [1.29, 1.82) is 5.26 Å². The first-order valence-corrected chi connectivity index (χ1v) is 9.72. The van der Waals surface area contributed by atoms with Crippen LogP contribution in [0.2, 0.25) is 5.02 Å². The molecule has 2 heterocycles. The van der Waals surface area contributed by atoms with E-state index in [2.05, 4.69) is 32.0 Å². The predicted octanol–water partition coefficient (Wildman–Crippen LogP) is 3.29. The second-order valence-electron chi connectivity index (χ2n) is 7.26. The van der Waals surface area contributed by atoms with Gasteiger partial charge in [0.15, 0.2) is 0 Å². The number of nitrogens with zero attached hydrogens (tertiary/aromatic N) is 2. The van der Waals surface area contributed by atoms with Gasteiger partial charge in [-0.2, -0.15) is 5.26 Å². The predicted molar refractivity (Wildman–Crippen MR) is 105 cm³/mol. The highest BCUT2D eigenvalue weighted by molar-refractivity contribution is 6.34. The Bertz CT molecular complexity index is 850. The summed E-state index contributed by atoms with van der Waals surface area (Å²) in [7, 11) is 0. The molecule has 0 spiro atoms. The molecule has 1 atom stereocenters. The molecule has 7 nitrogen and oxygen atoms in total. The quantitative estimate of drug-likeness (QED) is 0.521. The highest BCUT2D eigenvalue weighted by atomic mass is 35.5. The lowest BCUT2D eigenvalue weighted by molar-refractivity contribution is 0.0890. The smallest absolute Gasteiger partial charge is 0.206 e. The average Bonchev–Trinajstić information content (AvgIpc) is 3.40. The third-order valence-corrected chi connectivity index (χ3v) is 5.57. The van der Waals surface area contributed by atoms with Gasteiger partial charge in [-0.1, -0.05) is 11.6 Å². The van der Waals surface area contributed by atoms with Crippen LogP contribution in [0, 0.1) is 17.2 Å². The molecule has 1 aromatic heterocycles. The van der Waals surface area contributed by atoms with E-state index in [1.165, 1.54) is 12.8 Å². The van der Waals surface area contributed by atoms with E-state index >= 15 is 0 Å². The normalized spacial score (nSPS) is 18.7. The van der Waals surface area contributed by atoms with Crippen LogP contribution in [-0.2, 0) is 0 Å². The zero-order chi connectivity index (χ0) is 18.8. The average molecular weight is 387 g/mol. The minimum atomic E-state index is -0.697. The summed E-state index contributed by atoms with van der Waals surface area (Å²) >= 11 is 6.60. The molecular weight excluding hydrogens is 364 g/mol. The fraction of sp³-hybridized carbons (Fsp3) is 0.474. The third-order valence-electron chi connectivity index (χ3n) is 5.14. The van der Waals surface area contributed by atoms with Gasteiger partial charge in [0.05, 0.1) is 34.6 Å². The summed E-state index contributed by atoms with van der Waals surface area (Å²) in [5, 5.41) is 30.5. The Kier molecular flexibility index (Phi) is 5.21. The number of H-pyrrole nitrogens is 1. The van der Waals surface area contributed by atoms with Crippen LogP contribution >= 0.6 is 11.6 Å². The molecule has 1 saturated carbocycles. The number of aliphatic hydroxyl groups excluding tert-OH is 1. The number of nitrogens with one attached hydrogen (secondary N) is 4. The number of piperidine rings is 1. The van der Waals surface area contributed by atoms with E-state index in [9.17, 15) is 10.4 Å². The van der Waals surface area contributed by atoms with Crippen molar-refractivity contribution in [2.45, 2.75) is 37.8 Å². The van der Waals surface area contributed by atoms with Gasteiger partial charge in [-0.15, -0.1) is 0 Å². The van der Waals surface area contributed by atoms with Crippen LogP contribution in [-0.4, -0.2) is 34.2 Å². The zero-order valence-electron chi connectivity index (χ0n) is 14.9. The highest BCUT2D eigenvalue weighted by Crippen LogP contribution is 2.38. The summed E-state index contributed by atoms with van der Waals surface area (Å²) in [5.74, 6) is 1.52. The van der Waals surface area contributed by atoms with E-state index in [1.54, 1.807) is 18.3 Å². The van der Waals surface area contributed by atoms with E-state index in [0.717, 1.165) is 31.7 Å². The van der Waals surface area contributed by atoms with Crippen molar-refractivity contribution in [3.63, 3.8) is 0 Å². The number of aromatic nitrogens is 2. The summed E-state index contributed by atoms with van der Waals surface area (Å²) in [6.45, 7) is 1.76. The van der Waals surface area contributed by atoms with Gasteiger partial charge in [0.1, 0.15) is 5.82 Å².